The first-order chi connectivity index (χ1) is 10.0. The molecule has 0 aliphatic heterocycles. The van der Waals surface area contributed by atoms with Crippen LogP contribution in [-0.2, 0) is 0 Å². The highest BCUT2D eigenvalue weighted by molar-refractivity contribution is 5.40. The Morgan fingerprint density at radius 1 is 0.762 bits per heavy atom. The first-order valence-electron chi connectivity index (χ1n) is 9.02. The van der Waals surface area contributed by atoms with E-state index in [1.807, 2.05) is 41.5 Å². The van der Waals surface area contributed by atoms with Gasteiger partial charge in [-0.2, -0.15) is 0 Å². The molecule has 0 rings (SSSR count). The SMILES string of the molecule is C/C=C(\C=C/CC)C(C)=C(C)C.CC.CC.CC.CCC. The van der Waals surface area contributed by atoms with Gasteiger partial charge in [0.05, 0.1) is 0 Å². The molecular formula is C21H46. The van der Waals surface area contributed by atoms with Crippen molar-refractivity contribution in [2.24, 2.45) is 0 Å². The van der Waals surface area contributed by atoms with Crippen molar-refractivity contribution in [3.63, 3.8) is 0 Å². The van der Waals surface area contributed by atoms with Gasteiger partial charge in [-0.3, -0.25) is 0 Å². The molecule has 0 aliphatic carbocycles. The molecule has 0 spiro atoms. The fourth-order valence-electron chi connectivity index (χ4n) is 0.971. The van der Waals surface area contributed by atoms with Gasteiger partial charge < -0.3 is 0 Å². The normalized spacial score (nSPS) is 8.71. The van der Waals surface area contributed by atoms with Gasteiger partial charge in [-0.25, -0.2) is 0 Å². The van der Waals surface area contributed by atoms with E-state index in [1.54, 1.807) is 0 Å². The minimum atomic E-state index is 1.10. The Hall–Kier alpha value is -0.780. The van der Waals surface area contributed by atoms with Gasteiger partial charge in [0.2, 0.25) is 0 Å². The van der Waals surface area contributed by atoms with Crippen molar-refractivity contribution in [2.75, 3.05) is 0 Å². The summed E-state index contributed by atoms with van der Waals surface area (Å²) in [6.45, 7) is 27.0. The maximum atomic E-state index is 2.20. The Morgan fingerprint density at radius 2 is 1.10 bits per heavy atom. The lowest BCUT2D eigenvalue weighted by atomic mass is 10.0. The summed E-state index contributed by atoms with van der Waals surface area (Å²) in [6, 6.07) is 0. The fourth-order valence-corrected chi connectivity index (χ4v) is 0.971. The van der Waals surface area contributed by atoms with Crippen molar-refractivity contribution in [3.8, 4) is 0 Å². The molecule has 0 aromatic heterocycles. The molecule has 0 fully saturated rings. The van der Waals surface area contributed by atoms with E-state index in [1.165, 1.54) is 23.1 Å². The molecule has 0 radical (unpaired) electrons. The topological polar surface area (TPSA) is 0 Å². The summed E-state index contributed by atoms with van der Waals surface area (Å²) in [7, 11) is 0. The first kappa shape index (κ1) is 32.2. The van der Waals surface area contributed by atoms with E-state index < -0.39 is 0 Å². The second kappa shape index (κ2) is 36.5. The van der Waals surface area contributed by atoms with E-state index >= 15 is 0 Å². The van der Waals surface area contributed by atoms with Crippen molar-refractivity contribution >= 4 is 0 Å². The molecule has 0 aromatic rings. The van der Waals surface area contributed by atoms with E-state index in [-0.39, 0.29) is 0 Å². The molecule has 0 amide bonds. The van der Waals surface area contributed by atoms with E-state index in [0.29, 0.717) is 0 Å². The molecule has 0 atom stereocenters. The highest BCUT2D eigenvalue weighted by Gasteiger charge is 1.94. The Balaban J connectivity index is -0.0000000795. The average Bonchev–Trinajstić information content (AvgIpc) is 2.54. The van der Waals surface area contributed by atoms with Gasteiger partial charge in [0, 0.05) is 0 Å². The summed E-state index contributed by atoms with van der Waals surface area (Å²) in [5.74, 6) is 0. The van der Waals surface area contributed by atoms with Crippen LogP contribution in [0.25, 0.3) is 0 Å². The molecule has 21 heavy (non-hydrogen) atoms. The average molecular weight is 299 g/mol. The number of hydrogen-bond acceptors (Lipinski definition) is 0. The maximum absolute atomic E-state index is 2.20. The van der Waals surface area contributed by atoms with Crippen LogP contribution in [-0.4, -0.2) is 0 Å². The number of rotatable bonds is 3. The van der Waals surface area contributed by atoms with Crippen LogP contribution in [0.3, 0.4) is 0 Å². The highest BCUT2D eigenvalue weighted by atomic mass is 14.0. The highest BCUT2D eigenvalue weighted by Crippen LogP contribution is 2.15. The van der Waals surface area contributed by atoms with Crippen molar-refractivity contribution in [1.82, 2.24) is 0 Å². The van der Waals surface area contributed by atoms with Crippen LogP contribution in [0.1, 0.15) is 103 Å². The van der Waals surface area contributed by atoms with Crippen LogP contribution in [0, 0.1) is 0 Å². The molecule has 0 nitrogen and oxygen atoms in total. The predicted molar refractivity (Wildman–Crippen MR) is 107 cm³/mol. The first-order valence-corrected chi connectivity index (χ1v) is 9.02. The van der Waals surface area contributed by atoms with Gasteiger partial charge >= 0.3 is 0 Å². The maximum Gasteiger partial charge on any atom is -0.0274 e. The van der Waals surface area contributed by atoms with Gasteiger partial charge in [-0.15, -0.1) is 0 Å². The van der Waals surface area contributed by atoms with E-state index in [0.717, 1.165) is 6.42 Å². The summed E-state index contributed by atoms with van der Waals surface area (Å²) in [4.78, 5) is 0. The molecular weight excluding hydrogens is 252 g/mol. The third kappa shape index (κ3) is 32.6. The van der Waals surface area contributed by atoms with Crippen LogP contribution in [0.2, 0.25) is 0 Å². The number of hydrogen-bond donors (Lipinski definition) is 0. The summed E-state index contributed by atoms with van der Waals surface area (Å²) >= 11 is 0. The fraction of sp³-hybridized carbons (Fsp3) is 0.714. The summed E-state index contributed by atoms with van der Waals surface area (Å²) in [5, 5.41) is 0. The van der Waals surface area contributed by atoms with E-state index in [4.69, 9.17) is 0 Å². The summed E-state index contributed by atoms with van der Waals surface area (Å²) in [6.07, 6.45) is 8.91. The third-order valence-electron chi connectivity index (χ3n) is 2.03. The zero-order valence-electron chi connectivity index (χ0n) is 17.6. The summed E-state index contributed by atoms with van der Waals surface area (Å²) in [5.41, 5.74) is 4.13. The van der Waals surface area contributed by atoms with Crippen LogP contribution in [0.4, 0.5) is 0 Å². The Kier molecular flexibility index (Phi) is 56.1. The van der Waals surface area contributed by atoms with Crippen molar-refractivity contribution in [3.05, 3.63) is 34.9 Å². The van der Waals surface area contributed by atoms with Crippen LogP contribution in [0.15, 0.2) is 34.9 Å². The second-order valence-electron chi connectivity index (χ2n) is 3.89. The monoisotopic (exact) mass is 298 g/mol. The lowest BCUT2D eigenvalue weighted by molar-refractivity contribution is 1.09. The smallest absolute Gasteiger partial charge is 0.0274 e. The van der Waals surface area contributed by atoms with Crippen molar-refractivity contribution in [2.45, 2.75) is 103 Å². The van der Waals surface area contributed by atoms with Gasteiger partial charge in [0.15, 0.2) is 0 Å². The van der Waals surface area contributed by atoms with Crippen LogP contribution < -0.4 is 0 Å². The zero-order chi connectivity index (χ0) is 18.3. The molecule has 0 heteroatoms. The molecule has 0 bridgehead atoms. The predicted octanol–water partition coefficient (Wildman–Crippen LogP) is 8.75. The Labute approximate surface area is 138 Å². The van der Waals surface area contributed by atoms with Crippen LogP contribution in [0.5, 0.6) is 0 Å². The van der Waals surface area contributed by atoms with Crippen molar-refractivity contribution in [1.29, 1.82) is 0 Å². The molecule has 130 valence electrons. The number of allylic oxidation sites excluding steroid dienone is 6. The lowest BCUT2D eigenvalue weighted by Crippen LogP contribution is -1.83. The lowest BCUT2D eigenvalue weighted by Gasteiger charge is -2.03. The molecule has 0 aliphatic rings. The molecule has 0 N–H and O–H groups in total. The largest absolute Gasteiger partial charge is 0.0842 e. The van der Waals surface area contributed by atoms with E-state index in [9.17, 15) is 0 Å². The third-order valence-corrected chi connectivity index (χ3v) is 2.03. The quantitative estimate of drug-likeness (QED) is 0.457. The second-order valence-corrected chi connectivity index (χ2v) is 3.89. The minimum Gasteiger partial charge on any atom is -0.0842 e. The molecule has 0 saturated heterocycles. The Bertz CT molecular complexity index is 222. The standard InChI is InChI=1S/C12H20.C3H8.3C2H6/c1-6-8-9-12(7-2)11(5)10(3)4;1-3-2;3*1-2/h7-9H,6H2,1-5H3;3H2,1-2H3;3*1-2H3/b9-8-,12-7+;;;;. The molecule has 0 heterocycles. The van der Waals surface area contributed by atoms with Gasteiger partial charge in [-0.1, -0.05) is 92.5 Å². The van der Waals surface area contributed by atoms with Gasteiger partial charge in [0.25, 0.3) is 0 Å². The van der Waals surface area contributed by atoms with Gasteiger partial charge in [-0.05, 0) is 45.3 Å². The Morgan fingerprint density at radius 3 is 1.29 bits per heavy atom. The zero-order valence-corrected chi connectivity index (χ0v) is 17.6. The van der Waals surface area contributed by atoms with Crippen molar-refractivity contribution < 1.29 is 0 Å². The van der Waals surface area contributed by atoms with Gasteiger partial charge in [0.1, 0.15) is 0 Å². The van der Waals surface area contributed by atoms with E-state index in [2.05, 4.69) is 66.7 Å². The summed E-state index contributed by atoms with van der Waals surface area (Å²) < 4.78 is 0. The molecule has 0 aromatic carbocycles. The minimum absolute atomic E-state index is 1.10. The molecule has 0 unspecified atom stereocenters. The molecule has 0 saturated carbocycles. The van der Waals surface area contributed by atoms with Crippen LogP contribution >= 0.6 is 0 Å².